The summed E-state index contributed by atoms with van der Waals surface area (Å²) in [5.41, 5.74) is -0.605. The average molecular weight is 374 g/mol. The van der Waals surface area contributed by atoms with Crippen LogP contribution in [0.25, 0.3) is 0 Å². The summed E-state index contributed by atoms with van der Waals surface area (Å²) in [6.45, 7) is 5.54. The van der Waals surface area contributed by atoms with Gasteiger partial charge in [-0.1, -0.05) is 0 Å². The molecule has 0 spiro atoms. The Morgan fingerprint density at radius 2 is 1.59 bits per heavy atom. The summed E-state index contributed by atoms with van der Waals surface area (Å²) >= 11 is 0. The average Bonchev–Trinajstić information content (AvgIpc) is 2.63. The molecule has 0 fully saturated rings. The molecular weight excluding hydrogens is 351 g/mol. The van der Waals surface area contributed by atoms with Crippen molar-refractivity contribution in [2.75, 3.05) is 18.5 Å². The number of ether oxygens (including phenoxy) is 2. The highest BCUT2D eigenvalue weighted by atomic mass is 19.1. The zero-order valence-corrected chi connectivity index (χ0v) is 15.5. The van der Waals surface area contributed by atoms with Crippen LogP contribution in [-0.4, -0.2) is 30.6 Å². The predicted molar refractivity (Wildman–Crippen MR) is 100 cm³/mol. The molecule has 0 heterocycles. The first-order valence-electron chi connectivity index (χ1n) is 8.56. The number of carbonyl (C=O) groups excluding carboxylic acids is 2. The number of halogens is 1. The van der Waals surface area contributed by atoms with Gasteiger partial charge in [0.05, 0.1) is 0 Å². The van der Waals surface area contributed by atoms with Gasteiger partial charge in [-0.25, -0.2) is 4.39 Å². The summed E-state index contributed by atoms with van der Waals surface area (Å²) in [5, 5.41) is 5.39. The molecule has 2 aromatic rings. The van der Waals surface area contributed by atoms with Gasteiger partial charge >= 0.3 is 0 Å². The fraction of sp³-hybridized carbons (Fsp3) is 0.300. The van der Waals surface area contributed by atoms with Crippen molar-refractivity contribution in [3.8, 4) is 11.5 Å². The Balaban J connectivity index is 1.92. The Bertz CT molecular complexity index is 774. The lowest BCUT2D eigenvalue weighted by Gasteiger charge is -2.25. The van der Waals surface area contributed by atoms with Crippen molar-refractivity contribution in [1.82, 2.24) is 5.32 Å². The Hall–Kier alpha value is -3.09. The van der Waals surface area contributed by atoms with Crippen LogP contribution >= 0.6 is 0 Å². The monoisotopic (exact) mass is 374 g/mol. The molecule has 27 heavy (non-hydrogen) atoms. The fourth-order valence-corrected chi connectivity index (χ4v) is 2.16. The van der Waals surface area contributed by atoms with Crippen LogP contribution in [0, 0.1) is 5.82 Å². The van der Waals surface area contributed by atoms with Crippen LogP contribution in [0.1, 0.15) is 20.8 Å². The number of nitrogens with one attached hydrogen (secondary N) is 2. The maximum atomic E-state index is 13.0. The number of benzene rings is 2. The van der Waals surface area contributed by atoms with Crippen LogP contribution < -0.4 is 20.1 Å². The number of carbonyl (C=O) groups is 2. The lowest BCUT2D eigenvalue weighted by molar-refractivity contribution is -0.128. The maximum Gasteiger partial charge on any atom is 0.267 e. The molecule has 0 aliphatic rings. The third-order valence-corrected chi connectivity index (χ3v) is 3.59. The minimum absolute atomic E-state index is 0.0713. The molecule has 0 saturated heterocycles. The minimum Gasteiger partial charge on any atom is -0.484 e. The predicted octanol–water partition coefficient (Wildman–Crippen LogP) is 3.14. The standard InChI is InChI=1S/C20H23FN2O4/c1-4-22-18(24)13-26-16-11-7-15(8-12-16)23-19(25)20(2,3)27-17-9-5-14(21)6-10-17/h5-12H,4,13H2,1-3H3,(H,22,24)(H,23,25). The summed E-state index contributed by atoms with van der Waals surface area (Å²) in [5.74, 6) is -0.0248. The SMILES string of the molecule is CCNC(=O)COc1ccc(NC(=O)C(C)(C)Oc2ccc(F)cc2)cc1. The van der Waals surface area contributed by atoms with E-state index in [4.69, 9.17) is 9.47 Å². The lowest BCUT2D eigenvalue weighted by atomic mass is 10.1. The molecule has 0 aromatic heterocycles. The van der Waals surface area contributed by atoms with Crippen molar-refractivity contribution in [1.29, 1.82) is 0 Å². The maximum absolute atomic E-state index is 13.0. The quantitative estimate of drug-likeness (QED) is 0.744. The summed E-state index contributed by atoms with van der Waals surface area (Å²) in [6.07, 6.45) is 0. The summed E-state index contributed by atoms with van der Waals surface area (Å²) in [6, 6.07) is 12.1. The number of anilines is 1. The highest BCUT2D eigenvalue weighted by Crippen LogP contribution is 2.21. The van der Waals surface area contributed by atoms with Crippen LogP contribution in [0.15, 0.2) is 48.5 Å². The van der Waals surface area contributed by atoms with E-state index in [1.165, 1.54) is 24.3 Å². The molecule has 2 rings (SSSR count). The number of hydrogen-bond donors (Lipinski definition) is 2. The van der Waals surface area contributed by atoms with Crippen LogP contribution in [0.3, 0.4) is 0 Å². The molecule has 0 saturated carbocycles. The van der Waals surface area contributed by atoms with Gasteiger partial charge in [0, 0.05) is 12.2 Å². The van der Waals surface area contributed by atoms with Crippen molar-refractivity contribution in [2.45, 2.75) is 26.4 Å². The van der Waals surface area contributed by atoms with Crippen molar-refractivity contribution in [2.24, 2.45) is 0 Å². The van der Waals surface area contributed by atoms with E-state index in [9.17, 15) is 14.0 Å². The van der Waals surface area contributed by atoms with E-state index in [-0.39, 0.29) is 24.2 Å². The molecule has 2 aromatic carbocycles. The zero-order chi connectivity index (χ0) is 19.9. The molecule has 0 atom stereocenters. The van der Waals surface area contributed by atoms with E-state index < -0.39 is 5.60 Å². The molecule has 0 aliphatic carbocycles. The van der Waals surface area contributed by atoms with Crippen molar-refractivity contribution in [3.05, 3.63) is 54.3 Å². The number of amides is 2. The molecule has 7 heteroatoms. The smallest absolute Gasteiger partial charge is 0.267 e. The van der Waals surface area contributed by atoms with Crippen LogP contribution in [0.4, 0.5) is 10.1 Å². The van der Waals surface area contributed by atoms with Crippen molar-refractivity contribution in [3.63, 3.8) is 0 Å². The molecule has 6 nitrogen and oxygen atoms in total. The first-order chi connectivity index (χ1) is 12.8. The van der Waals surface area contributed by atoms with E-state index >= 15 is 0 Å². The summed E-state index contributed by atoms with van der Waals surface area (Å²) in [7, 11) is 0. The number of hydrogen-bond acceptors (Lipinski definition) is 4. The fourth-order valence-electron chi connectivity index (χ4n) is 2.16. The molecule has 2 N–H and O–H groups in total. The van der Waals surface area contributed by atoms with Gasteiger partial charge in [-0.15, -0.1) is 0 Å². The molecule has 0 radical (unpaired) electrons. The lowest BCUT2D eigenvalue weighted by Crippen LogP contribution is -2.42. The first kappa shape index (κ1) is 20.2. The Morgan fingerprint density at radius 3 is 2.19 bits per heavy atom. The van der Waals surface area contributed by atoms with Crippen LogP contribution in [0.5, 0.6) is 11.5 Å². The minimum atomic E-state index is -1.16. The van der Waals surface area contributed by atoms with Gasteiger partial charge in [-0.3, -0.25) is 9.59 Å². The Kier molecular flexibility index (Phi) is 6.76. The van der Waals surface area contributed by atoms with Crippen LogP contribution in [-0.2, 0) is 9.59 Å². The van der Waals surface area contributed by atoms with E-state index in [1.807, 2.05) is 6.92 Å². The molecule has 0 unspecified atom stereocenters. The van der Waals surface area contributed by atoms with Gasteiger partial charge in [0.25, 0.3) is 11.8 Å². The van der Waals surface area contributed by atoms with Gasteiger partial charge in [-0.05, 0) is 69.3 Å². The zero-order valence-electron chi connectivity index (χ0n) is 15.5. The first-order valence-corrected chi connectivity index (χ1v) is 8.56. The highest BCUT2D eigenvalue weighted by molar-refractivity contribution is 5.97. The van der Waals surface area contributed by atoms with Gasteiger partial charge in [-0.2, -0.15) is 0 Å². The van der Waals surface area contributed by atoms with E-state index in [0.717, 1.165) is 0 Å². The van der Waals surface area contributed by atoms with Gasteiger partial charge in [0.15, 0.2) is 12.2 Å². The number of likely N-dealkylation sites (N-methyl/N-ethyl adjacent to an activating group) is 1. The van der Waals surface area contributed by atoms with Crippen molar-refractivity contribution >= 4 is 17.5 Å². The third kappa shape index (κ3) is 6.29. The Labute approximate surface area is 157 Å². The van der Waals surface area contributed by atoms with E-state index in [2.05, 4.69) is 10.6 Å². The normalized spacial score (nSPS) is 10.8. The highest BCUT2D eigenvalue weighted by Gasteiger charge is 2.30. The van der Waals surface area contributed by atoms with Gasteiger partial charge in [0.1, 0.15) is 17.3 Å². The largest absolute Gasteiger partial charge is 0.484 e. The van der Waals surface area contributed by atoms with Crippen LogP contribution in [0.2, 0.25) is 0 Å². The van der Waals surface area contributed by atoms with E-state index in [1.54, 1.807) is 38.1 Å². The summed E-state index contributed by atoms with van der Waals surface area (Å²) in [4.78, 5) is 23.9. The molecule has 2 amide bonds. The molecule has 0 bridgehead atoms. The topological polar surface area (TPSA) is 76.7 Å². The van der Waals surface area contributed by atoms with E-state index in [0.29, 0.717) is 23.7 Å². The molecular formula is C20H23FN2O4. The second kappa shape index (κ2) is 9.02. The second-order valence-electron chi connectivity index (χ2n) is 6.29. The second-order valence-corrected chi connectivity index (χ2v) is 6.29. The van der Waals surface area contributed by atoms with Gasteiger partial charge < -0.3 is 20.1 Å². The molecule has 0 aliphatic heterocycles. The Morgan fingerprint density at radius 1 is 1.00 bits per heavy atom. The summed E-state index contributed by atoms with van der Waals surface area (Å²) < 4.78 is 24.0. The van der Waals surface area contributed by atoms with Gasteiger partial charge in [0.2, 0.25) is 0 Å². The third-order valence-electron chi connectivity index (χ3n) is 3.59. The number of rotatable bonds is 8. The van der Waals surface area contributed by atoms with Crippen molar-refractivity contribution < 1.29 is 23.5 Å². The molecule has 144 valence electrons.